The van der Waals surface area contributed by atoms with Crippen LogP contribution in [0.1, 0.15) is 32.8 Å². The number of rotatable bonds is 3. The number of anilines is 1. The Kier molecular flexibility index (Phi) is 3.94. The first kappa shape index (κ1) is 15.4. The van der Waals surface area contributed by atoms with Crippen molar-refractivity contribution in [3.63, 3.8) is 0 Å². The van der Waals surface area contributed by atoms with E-state index in [2.05, 4.69) is 5.32 Å². The van der Waals surface area contributed by atoms with Gasteiger partial charge in [0.1, 0.15) is 17.3 Å². The molecule has 2 amide bonds. The Labute approximate surface area is 125 Å². The van der Waals surface area contributed by atoms with Crippen LogP contribution in [0.2, 0.25) is 0 Å². The number of nitrogens with zero attached hydrogens (tertiary/aromatic N) is 1. The van der Waals surface area contributed by atoms with E-state index < -0.39 is 11.6 Å². The molecule has 1 aliphatic heterocycles. The van der Waals surface area contributed by atoms with Gasteiger partial charge in [-0.05, 0) is 51.0 Å². The Morgan fingerprint density at radius 1 is 1.33 bits per heavy atom. The lowest BCUT2D eigenvalue weighted by Gasteiger charge is -2.43. The Balaban J connectivity index is 2.51. The normalized spacial score (nSPS) is 21.2. The highest BCUT2D eigenvalue weighted by molar-refractivity contribution is 6.10. The fraction of sp³-hybridized carbons (Fsp3) is 0.500. The van der Waals surface area contributed by atoms with E-state index in [9.17, 15) is 9.59 Å². The third-order valence-electron chi connectivity index (χ3n) is 3.85. The number of carbonyl (C=O) groups excluding carboxylic acids is 2. The van der Waals surface area contributed by atoms with Gasteiger partial charge in [-0.3, -0.25) is 14.5 Å². The predicted molar refractivity (Wildman–Crippen MR) is 81.5 cm³/mol. The van der Waals surface area contributed by atoms with Crippen LogP contribution in [0.25, 0.3) is 0 Å². The Morgan fingerprint density at radius 2 is 2.00 bits per heavy atom. The van der Waals surface area contributed by atoms with Crippen LogP contribution >= 0.6 is 0 Å². The van der Waals surface area contributed by atoms with Gasteiger partial charge in [0.05, 0.1) is 7.11 Å². The minimum Gasteiger partial charge on any atom is -0.497 e. The third-order valence-corrected chi connectivity index (χ3v) is 3.85. The molecular weight excluding hydrogens is 268 g/mol. The monoisotopic (exact) mass is 290 g/mol. The molecule has 1 heterocycles. The largest absolute Gasteiger partial charge is 0.497 e. The van der Waals surface area contributed by atoms with Crippen molar-refractivity contribution in [1.82, 2.24) is 5.32 Å². The Morgan fingerprint density at radius 3 is 2.52 bits per heavy atom. The van der Waals surface area contributed by atoms with E-state index in [1.807, 2.05) is 32.0 Å². The summed E-state index contributed by atoms with van der Waals surface area (Å²) in [5, 5.41) is 2.79. The van der Waals surface area contributed by atoms with Gasteiger partial charge in [0.25, 0.3) is 5.91 Å². The van der Waals surface area contributed by atoms with Crippen molar-refractivity contribution >= 4 is 17.5 Å². The molecule has 0 aliphatic carbocycles. The standard InChI is InChI=1S/C16H22N2O3/c1-6-12-14(19)17-16(3,4)15(20)18(12)13-8-7-11(21-5)9-10(13)2/h7-9,12H,6H2,1-5H3,(H,17,19). The number of benzene rings is 1. The second-order valence-electron chi connectivity index (χ2n) is 5.87. The highest BCUT2D eigenvalue weighted by atomic mass is 16.5. The summed E-state index contributed by atoms with van der Waals surface area (Å²) in [5.41, 5.74) is 0.775. The van der Waals surface area contributed by atoms with E-state index in [0.29, 0.717) is 6.42 Å². The number of piperazine rings is 1. The number of nitrogens with one attached hydrogen (secondary N) is 1. The molecule has 5 nitrogen and oxygen atoms in total. The molecule has 1 unspecified atom stereocenters. The molecule has 114 valence electrons. The number of carbonyl (C=O) groups is 2. The van der Waals surface area contributed by atoms with E-state index in [-0.39, 0.29) is 11.8 Å². The van der Waals surface area contributed by atoms with Crippen molar-refractivity contribution in [2.24, 2.45) is 0 Å². The van der Waals surface area contributed by atoms with E-state index >= 15 is 0 Å². The van der Waals surface area contributed by atoms with Crippen molar-refractivity contribution in [3.05, 3.63) is 23.8 Å². The average molecular weight is 290 g/mol. The predicted octanol–water partition coefficient (Wildman–Crippen LogP) is 2.02. The molecule has 0 radical (unpaired) electrons. The van der Waals surface area contributed by atoms with Crippen LogP contribution in [0.15, 0.2) is 18.2 Å². The summed E-state index contributed by atoms with van der Waals surface area (Å²) in [6.07, 6.45) is 0.569. The van der Waals surface area contributed by atoms with E-state index in [0.717, 1.165) is 17.0 Å². The lowest BCUT2D eigenvalue weighted by Crippen LogP contribution is -2.68. The first-order valence-electron chi connectivity index (χ1n) is 7.12. The fourth-order valence-electron chi connectivity index (χ4n) is 2.68. The summed E-state index contributed by atoms with van der Waals surface area (Å²) >= 11 is 0. The lowest BCUT2D eigenvalue weighted by molar-refractivity contribution is -0.137. The van der Waals surface area contributed by atoms with Gasteiger partial charge in [0.15, 0.2) is 0 Å². The molecule has 0 saturated carbocycles. The van der Waals surface area contributed by atoms with Crippen LogP contribution in [0, 0.1) is 6.92 Å². The molecule has 0 bridgehead atoms. The zero-order valence-electron chi connectivity index (χ0n) is 13.2. The maximum Gasteiger partial charge on any atom is 0.252 e. The van der Waals surface area contributed by atoms with Gasteiger partial charge >= 0.3 is 0 Å². The molecule has 1 aromatic carbocycles. The molecule has 1 fully saturated rings. The summed E-state index contributed by atoms with van der Waals surface area (Å²) in [6, 6.07) is 5.04. The van der Waals surface area contributed by atoms with Crippen LogP contribution in [0.3, 0.4) is 0 Å². The van der Waals surface area contributed by atoms with E-state index in [4.69, 9.17) is 4.74 Å². The molecular formula is C16H22N2O3. The minimum atomic E-state index is -0.894. The number of ether oxygens (including phenoxy) is 1. The van der Waals surface area contributed by atoms with Gasteiger partial charge in [-0.25, -0.2) is 0 Å². The summed E-state index contributed by atoms with van der Waals surface area (Å²) in [6.45, 7) is 7.27. The molecule has 2 rings (SSSR count). The number of amides is 2. The molecule has 1 aliphatic rings. The number of methoxy groups -OCH3 is 1. The van der Waals surface area contributed by atoms with Gasteiger partial charge in [0, 0.05) is 5.69 Å². The van der Waals surface area contributed by atoms with Crippen LogP contribution in [-0.4, -0.2) is 30.5 Å². The van der Waals surface area contributed by atoms with E-state index in [1.165, 1.54) is 0 Å². The zero-order valence-corrected chi connectivity index (χ0v) is 13.2. The number of hydrogen-bond acceptors (Lipinski definition) is 3. The van der Waals surface area contributed by atoms with Gasteiger partial charge in [-0.1, -0.05) is 6.92 Å². The molecule has 1 aromatic rings. The molecule has 21 heavy (non-hydrogen) atoms. The first-order valence-corrected chi connectivity index (χ1v) is 7.12. The van der Waals surface area contributed by atoms with Crippen molar-refractivity contribution in [2.75, 3.05) is 12.0 Å². The topological polar surface area (TPSA) is 58.6 Å². The van der Waals surface area contributed by atoms with Gasteiger partial charge in [-0.2, -0.15) is 0 Å². The van der Waals surface area contributed by atoms with Gasteiger partial charge < -0.3 is 10.1 Å². The van der Waals surface area contributed by atoms with Crippen LogP contribution in [0.4, 0.5) is 5.69 Å². The lowest BCUT2D eigenvalue weighted by atomic mass is 9.94. The third kappa shape index (κ3) is 2.60. The Hall–Kier alpha value is -2.04. The molecule has 0 aromatic heterocycles. The maximum atomic E-state index is 12.7. The highest BCUT2D eigenvalue weighted by Crippen LogP contribution is 2.31. The number of hydrogen-bond donors (Lipinski definition) is 1. The van der Waals surface area contributed by atoms with Crippen molar-refractivity contribution in [1.29, 1.82) is 0 Å². The maximum absolute atomic E-state index is 12.7. The van der Waals surface area contributed by atoms with Crippen LogP contribution in [0.5, 0.6) is 5.75 Å². The second-order valence-corrected chi connectivity index (χ2v) is 5.87. The molecule has 5 heteroatoms. The number of aryl methyl sites for hydroxylation is 1. The Bertz CT molecular complexity index is 581. The quantitative estimate of drug-likeness (QED) is 0.926. The van der Waals surface area contributed by atoms with Crippen LogP contribution in [-0.2, 0) is 9.59 Å². The smallest absolute Gasteiger partial charge is 0.252 e. The molecule has 0 spiro atoms. The highest BCUT2D eigenvalue weighted by Gasteiger charge is 2.45. The minimum absolute atomic E-state index is 0.0952. The van der Waals surface area contributed by atoms with E-state index in [1.54, 1.807) is 25.9 Å². The van der Waals surface area contributed by atoms with Gasteiger partial charge in [0.2, 0.25) is 5.91 Å². The molecule has 1 saturated heterocycles. The summed E-state index contributed by atoms with van der Waals surface area (Å²) in [4.78, 5) is 26.6. The second kappa shape index (κ2) is 5.39. The summed E-state index contributed by atoms with van der Waals surface area (Å²) in [5.74, 6) is 0.525. The van der Waals surface area contributed by atoms with Crippen LogP contribution < -0.4 is 15.0 Å². The summed E-state index contributed by atoms with van der Waals surface area (Å²) < 4.78 is 5.20. The molecule has 1 N–H and O–H groups in total. The van der Waals surface area contributed by atoms with Gasteiger partial charge in [-0.15, -0.1) is 0 Å². The zero-order chi connectivity index (χ0) is 15.8. The first-order chi connectivity index (χ1) is 9.81. The van der Waals surface area contributed by atoms with Crippen molar-refractivity contribution < 1.29 is 14.3 Å². The fourth-order valence-corrected chi connectivity index (χ4v) is 2.68. The van der Waals surface area contributed by atoms with Crippen molar-refractivity contribution in [2.45, 2.75) is 45.7 Å². The molecule has 1 atom stereocenters. The summed E-state index contributed by atoms with van der Waals surface area (Å²) in [7, 11) is 1.60. The van der Waals surface area contributed by atoms with Crippen molar-refractivity contribution in [3.8, 4) is 5.75 Å². The average Bonchev–Trinajstić information content (AvgIpc) is 2.42. The SMILES string of the molecule is CCC1C(=O)NC(C)(C)C(=O)N1c1ccc(OC)cc1C.